The van der Waals surface area contributed by atoms with Gasteiger partial charge < -0.3 is 15.4 Å². The molecule has 0 radical (unpaired) electrons. The molecular formula is C9H17ClN2O2. The summed E-state index contributed by atoms with van der Waals surface area (Å²) in [5.41, 5.74) is -0.148. The number of hydrogen-bond donors (Lipinski definition) is 2. The Hall–Kier alpha value is -0.480. The minimum atomic E-state index is -0.270. The number of hydrogen-bond acceptors (Lipinski definition) is 3. The average molecular weight is 221 g/mol. The first-order valence-corrected chi connectivity index (χ1v) is 4.86. The van der Waals surface area contributed by atoms with Crippen LogP contribution in [-0.2, 0) is 4.74 Å². The van der Waals surface area contributed by atoms with Gasteiger partial charge in [0, 0.05) is 6.54 Å². The Morgan fingerprint density at radius 1 is 1.57 bits per heavy atom. The monoisotopic (exact) mass is 220 g/mol. The predicted octanol–water partition coefficient (Wildman–Crippen LogP) is 0.906. The van der Waals surface area contributed by atoms with E-state index in [4.69, 9.17) is 4.74 Å². The zero-order valence-electron chi connectivity index (χ0n) is 8.34. The lowest BCUT2D eigenvalue weighted by atomic mass is 9.82. The Bertz CT molecular complexity index is 219. The average Bonchev–Trinajstić information content (AvgIpc) is 2.49. The molecule has 0 aromatic carbocycles. The third-order valence-corrected chi connectivity index (χ3v) is 3.09. The van der Waals surface area contributed by atoms with E-state index < -0.39 is 0 Å². The van der Waals surface area contributed by atoms with E-state index in [9.17, 15) is 4.79 Å². The number of piperidine rings is 1. The van der Waals surface area contributed by atoms with Crippen LogP contribution in [-0.4, -0.2) is 31.3 Å². The molecule has 0 spiro atoms. The number of amides is 1. The molecule has 2 heterocycles. The molecule has 2 atom stereocenters. The smallest absolute Gasteiger partial charge is 0.407 e. The van der Waals surface area contributed by atoms with Crippen LogP contribution in [0.15, 0.2) is 0 Å². The predicted molar refractivity (Wildman–Crippen MR) is 55.7 cm³/mol. The number of ether oxygens (including phenoxy) is 1. The van der Waals surface area contributed by atoms with Crippen LogP contribution in [0.2, 0.25) is 0 Å². The summed E-state index contributed by atoms with van der Waals surface area (Å²) in [5.74, 6) is 0.507. The van der Waals surface area contributed by atoms with Crippen molar-refractivity contribution in [2.24, 2.45) is 5.92 Å². The van der Waals surface area contributed by atoms with Gasteiger partial charge >= 0.3 is 6.09 Å². The van der Waals surface area contributed by atoms with Crippen LogP contribution < -0.4 is 10.6 Å². The van der Waals surface area contributed by atoms with Gasteiger partial charge in [0.2, 0.25) is 0 Å². The highest BCUT2D eigenvalue weighted by atomic mass is 35.5. The first-order chi connectivity index (χ1) is 6.21. The minimum absolute atomic E-state index is 0. The number of alkyl carbamates (subject to hydrolysis) is 1. The molecule has 2 aliphatic heterocycles. The molecule has 0 aliphatic carbocycles. The number of carbonyl (C=O) groups excluding carboxylic acids is 1. The third-order valence-electron chi connectivity index (χ3n) is 3.09. The number of rotatable bonds is 1. The highest BCUT2D eigenvalue weighted by molar-refractivity contribution is 5.85. The topological polar surface area (TPSA) is 50.4 Å². The maximum Gasteiger partial charge on any atom is 0.407 e. The van der Waals surface area contributed by atoms with E-state index >= 15 is 0 Å². The van der Waals surface area contributed by atoms with E-state index in [1.54, 1.807) is 0 Å². The van der Waals surface area contributed by atoms with Gasteiger partial charge in [-0.2, -0.15) is 0 Å². The molecule has 0 aromatic rings. The fourth-order valence-corrected chi connectivity index (χ4v) is 2.14. The van der Waals surface area contributed by atoms with Crippen molar-refractivity contribution < 1.29 is 9.53 Å². The van der Waals surface area contributed by atoms with Crippen molar-refractivity contribution in [3.05, 3.63) is 0 Å². The Morgan fingerprint density at radius 3 is 2.86 bits per heavy atom. The fourth-order valence-electron chi connectivity index (χ4n) is 2.14. The van der Waals surface area contributed by atoms with Crippen molar-refractivity contribution in [3.8, 4) is 0 Å². The minimum Gasteiger partial charge on any atom is -0.447 e. The van der Waals surface area contributed by atoms with Crippen LogP contribution in [0, 0.1) is 5.92 Å². The van der Waals surface area contributed by atoms with Crippen molar-refractivity contribution in [3.63, 3.8) is 0 Å². The summed E-state index contributed by atoms with van der Waals surface area (Å²) < 4.78 is 4.94. The van der Waals surface area contributed by atoms with Crippen LogP contribution in [0.4, 0.5) is 4.79 Å². The number of cyclic esters (lactones) is 1. The van der Waals surface area contributed by atoms with E-state index in [2.05, 4.69) is 17.6 Å². The van der Waals surface area contributed by atoms with Crippen LogP contribution in [0.3, 0.4) is 0 Å². The van der Waals surface area contributed by atoms with Crippen LogP contribution in [0.1, 0.15) is 19.8 Å². The van der Waals surface area contributed by atoms with Crippen molar-refractivity contribution in [2.45, 2.75) is 25.3 Å². The van der Waals surface area contributed by atoms with E-state index in [1.807, 2.05) is 0 Å². The second kappa shape index (κ2) is 4.36. The molecule has 14 heavy (non-hydrogen) atoms. The zero-order chi connectivity index (χ0) is 9.31. The van der Waals surface area contributed by atoms with E-state index in [0.717, 1.165) is 13.1 Å². The van der Waals surface area contributed by atoms with Gasteiger partial charge in [0.25, 0.3) is 0 Å². The quantitative estimate of drug-likeness (QED) is 0.691. The summed E-state index contributed by atoms with van der Waals surface area (Å²) >= 11 is 0. The van der Waals surface area contributed by atoms with Crippen molar-refractivity contribution >= 4 is 18.5 Å². The maximum absolute atomic E-state index is 10.9. The van der Waals surface area contributed by atoms with Crippen molar-refractivity contribution in [1.82, 2.24) is 10.6 Å². The van der Waals surface area contributed by atoms with E-state index in [-0.39, 0.29) is 24.0 Å². The molecule has 1 amide bonds. The summed E-state index contributed by atoms with van der Waals surface area (Å²) in [6, 6.07) is 0. The molecule has 0 saturated carbocycles. The summed E-state index contributed by atoms with van der Waals surface area (Å²) in [5, 5.41) is 6.24. The highest BCUT2D eigenvalue weighted by Crippen LogP contribution is 2.27. The number of carbonyl (C=O) groups is 1. The summed E-state index contributed by atoms with van der Waals surface area (Å²) in [6.45, 7) is 4.66. The van der Waals surface area contributed by atoms with Crippen LogP contribution in [0.25, 0.3) is 0 Å². The molecule has 4 nitrogen and oxygen atoms in total. The van der Waals surface area contributed by atoms with Gasteiger partial charge in [-0.25, -0.2) is 4.79 Å². The fraction of sp³-hybridized carbons (Fsp3) is 0.889. The lowest BCUT2D eigenvalue weighted by Crippen LogP contribution is -2.52. The highest BCUT2D eigenvalue weighted by Gasteiger charge is 2.42. The second-order valence-electron chi connectivity index (χ2n) is 4.16. The molecule has 0 bridgehead atoms. The van der Waals surface area contributed by atoms with Gasteiger partial charge in [-0.3, -0.25) is 0 Å². The molecule has 2 saturated heterocycles. The standard InChI is InChI=1S/C9H16N2O2.ClH/c1-9(6-13-8(12)11-9)7-3-2-4-10-5-7;/h7,10H,2-6H2,1H3,(H,11,12);1H. The molecule has 82 valence electrons. The number of nitrogens with one attached hydrogen (secondary N) is 2. The van der Waals surface area contributed by atoms with E-state index in [0.29, 0.717) is 12.5 Å². The van der Waals surface area contributed by atoms with Crippen molar-refractivity contribution in [1.29, 1.82) is 0 Å². The first-order valence-electron chi connectivity index (χ1n) is 4.86. The zero-order valence-corrected chi connectivity index (χ0v) is 9.15. The normalized spacial score (nSPS) is 36.9. The molecule has 5 heteroatoms. The van der Waals surface area contributed by atoms with Gasteiger partial charge in [-0.15, -0.1) is 12.4 Å². The maximum atomic E-state index is 10.9. The molecule has 2 rings (SSSR count). The molecule has 2 aliphatic rings. The van der Waals surface area contributed by atoms with Crippen molar-refractivity contribution in [2.75, 3.05) is 19.7 Å². The lowest BCUT2D eigenvalue weighted by molar-refractivity contribution is 0.156. The Balaban J connectivity index is 0.000000980. The second-order valence-corrected chi connectivity index (χ2v) is 4.16. The SMILES string of the molecule is CC1(C2CCCNC2)COC(=O)N1.Cl. The summed E-state index contributed by atoms with van der Waals surface area (Å²) in [7, 11) is 0. The molecular weight excluding hydrogens is 204 g/mol. The Morgan fingerprint density at radius 2 is 2.36 bits per heavy atom. The summed E-state index contributed by atoms with van der Waals surface area (Å²) in [6.07, 6.45) is 2.09. The van der Waals surface area contributed by atoms with Gasteiger partial charge in [0.1, 0.15) is 6.61 Å². The molecule has 2 N–H and O–H groups in total. The number of halogens is 1. The molecule has 2 fully saturated rings. The third kappa shape index (κ3) is 2.12. The van der Waals surface area contributed by atoms with Gasteiger partial charge in [0.15, 0.2) is 0 Å². The first kappa shape index (κ1) is 11.6. The molecule has 0 aromatic heterocycles. The largest absolute Gasteiger partial charge is 0.447 e. The van der Waals surface area contributed by atoms with Crippen LogP contribution in [0.5, 0.6) is 0 Å². The molecule has 2 unspecified atom stereocenters. The van der Waals surface area contributed by atoms with Gasteiger partial charge in [-0.05, 0) is 32.2 Å². The Labute approximate surface area is 90.2 Å². The van der Waals surface area contributed by atoms with Gasteiger partial charge in [-0.1, -0.05) is 0 Å². The Kier molecular flexibility index (Phi) is 3.61. The summed E-state index contributed by atoms with van der Waals surface area (Å²) in [4.78, 5) is 10.9. The van der Waals surface area contributed by atoms with Crippen LogP contribution >= 0.6 is 12.4 Å². The lowest BCUT2D eigenvalue weighted by Gasteiger charge is -2.34. The van der Waals surface area contributed by atoms with Gasteiger partial charge in [0.05, 0.1) is 5.54 Å². The van der Waals surface area contributed by atoms with E-state index in [1.165, 1.54) is 12.8 Å².